The average molecular weight is 320 g/mol. The lowest BCUT2D eigenvalue weighted by molar-refractivity contribution is -0.153. The third-order valence-electron chi connectivity index (χ3n) is 3.56. The maximum atomic E-state index is 12.3. The largest absolute Gasteiger partial charge is 0.466 e. The van der Waals surface area contributed by atoms with Crippen LogP contribution in [-0.2, 0) is 23.9 Å². The molecule has 0 amide bonds. The molecule has 0 bridgehead atoms. The highest BCUT2D eigenvalue weighted by molar-refractivity contribution is 6.00. The van der Waals surface area contributed by atoms with E-state index in [1.54, 1.807) is 32.9 Å². The summed E-state index contributed by atoms with van der Waals surface area (Å²) < 4.78 is 10.1. The van der Waals surface area contributed by atoms with Crippen molar-refractivity contribution in [1.29, 1.82) is 0 Å². The fourth-order valence-electron chi connectivity index (χ4n) is 2.50. The van der Waals surface area contributed by atoms with E-state index in [0.29, 0.717) is 0 Å². The molecule has 0 aliphatic heterocycles. The molecule has 0 N–H and O–H groups in total. The summed E-state index contributed by atoms with van der Waals surface area (Å²) in [6, 6.07) is 9.07. The minimum atomic E-state index is -0.994. The topological polar surface area (TPSA) is 69.7 Å². The fraction of sp³-hybridized carbons (Fsp3) is 0.500. The number of esters is 2. The van der Waals surface area contributed by atoms with Crippen LogP contribution >= 0.6 is 0 Å². The maximum Gasteiger partial charge on any atom is 0.317 e. The quantitative estimate of drug-likeness (QED) is 0.517. The summed E-state index contributed by atoms with van der Waals surface area (Å²) in [6.07, 6.45) is 0.169. The predicted molar refractivity (Wildman–Crippen MR) is 85.9 cm³/mol. The van der Waals surface area contributed by atoms with Gasteiger partial charge in [0.25, 0.3) is 0 Å². The molecule has 2 atom stereocenters. The number of Topliss-reactive ketones (excluding diaryl/α,β-unsaturated/α-hetero) is 1. The van der Waals surface area contributed by atoms with Gasteiger partial charge in [-0.25, -0.2) is 0 Å². The van der Waals surface area contributed by atoms with E-state index >= 15 is 0 Å². The second-order valence-electron chi connectivity index (χ2n) is 5.08. The third kappa shape index (κ3) is 5.51. The normalized spacial score (nSPS) is 13.0. The molecule has 1 aromatic rings. The number of hydrogen-bond donors (Lipinski definition) is 0. The van der Waals surface area contributed by atoms with E-state index in [1.807, 2.05) is 18.2 Å². The third-order valence-corrected chi connectivity index (χ3v) is 3.56. The summed E-state index contributed by atoms with van der Waals surface area (Å²) in [4.78, 5) is 36.6. The number of ether oxygens (including phenoxy) is 2. The van der Waals surface area contributed by atoms with Crippen LogP contribution in [0.1, 0.15) is 45.1 Å². The van der Waals surface area contributed by atoms with E-state index in [0.717, 1.165) is 5.56 Å². The van der Waals surface area contributed by atoms with Gasteiger partial charge in [-0.3, -0.25) is 14.4 Å². The summed E-state index contributed by atoms with van der Waals surface area (Å²) in [6.45, 7) is 5.55. The van der Waals surface area contributed by atoms with E-state index in [2.05, 4.69) is 0 Å². The molecule has 0 radical (unpaired) electrons. The van der Waals surface area contributed by atoms with Crippen LogP contribution in [0.2, 0.25) is 0 Å². The molecule has 5 nitrogen and oxygen atoms in total. The van der Waals surface area contributed by atoms with Crippen LogP contribution in [0.5, 0.6) is 0 Å². The van der Waals surface area contributed by atoms with Crippen molar-refractivity contribution < 1.29 is 23.9 Å². The van der Waals surface area contributed by atoms with E-state index in [-0.39, 0.29) is 31.8 Å². The molecule has 1 aromatic carbocycles. The highest BCUT2D eigenvalue weighted by Crippen LogP contribution is 2.31. The van der Waals surface area contributed by atoms with Gasteiger partial charge in [-0.05, 0) is 19.4 Å². The minimum absolute atomic E-state index is 0.0346. The molecule has 0 heterocycles. The average Bonchev–Trinajstić information content (AvgIpc) is 2.55. The summed E-state index contributed by atoms with van der Waals surface area (Å²) in [7, 11) is 0. The molecular formula is C18H24O5. The van der Waals surface area contributed by atoms with Crippen molar-refractivity contribution in [1.82, 2.24) is 0 Å². The lowest BCUT2D eigenvalue weighted by Gasteiger charge is -2.24. The van der Waals surface area contributed by atoms with E-state index in [4.69, 9.17) is 9.47 Å². The molecule has 0 spiro atoms. The van der Waals surface area contributed by atoms with Crippen molar-refractivity contribution in [2.75, 3.05) is 13.2 Å². The Kier molecular flexibility index (Phi) is 8.02. The molecule has 0 aliphatic carbocycles. The van der Waals surface area contributed by atoms with E-state index in [1.165, 1.54) is 0 Å². The van der Waals surface area contributed by atoms with Gasteiger partial charge in [-0.1, -0.05) is 37.3 Å². The van der Waals surface area contributed by atoms with Crippen LogP contribution in [0.25, 0.3) is 0 Å². The Morgan fingerprint density at radius 3 is 2.09 bits per heavy atom. The van der Waals surface area contributed by atoms with E-state index in [9.17, 15) is 14.4 Å². The molecule has 0 aliphatic rings. The zero-order valence-electron chi connectivity index (χ0n) is 13.9. The fourth-order valence-corrected chi connectivity index (χ4v) is 2.50. The van der Waals surface area contributed by atoms with Crippen LogP contribution in [0.3, 0.4) is 0 Å². The summed E-state index contributed by atoms with van der Waals surface area (Å²) in [5, 5.41) is 0. The van der Waals surface area contributed by atoms with Gasteiger partial charge >= 0.3 is 11.9 Å². The zero-order chi connectivity index (χ0) is 17.2. The second-order valence-corrected chi connectivity index (χ2v) is 5.08. The smallest absolute Gasteiger partial charge is 0.317 e. The summed E-state index contributed by atoms with van der Waals surface area (Å²) in [5.41, 5.74) is 0.750. The Balaban J connectivity index is 3.18. The monoisotopic (exact) mass is 320 g/mol. The molecule has 0 aromatic heterocycles. The van der Waals surface area contributed by atoms with Crippen molar-refractivity contribution >= 4 is 17.7 Å². The van der Waals surface area contributed by atoms with Gasteiger partial charge in [-0.15, -0.1) is 0 Å². The minimum Gasteiger partial charge on any atom is -0.466 e. The van der Waals surface area contributed by atoms with Crippen LogP contribution in [0.4, 0.5) is 0 Å². The molecular weight excluding hydrogens is 296 g/mol. The Hall–Kier alpha value is -2.17. The number of carbonyl (C=O) groups excluding carboxylic acids is 3. The molecule has 0 fully saturated rings. The van der Waals surface area contributed by atoms with Crippen molar-refractivity contribution in [3.05, 3.63) is 35.9 Å². The lowest BCUT2D eigenvalue weighted by atomic mass is 9.80. The van der Waals surface area contributed by atoms with Crippen LogP contribution in [-0.4, -0.2) is 30.9 Å². The SMILES string of the molecule is CCOC(=O)CC(c1ccccc1)C(C(=O)CC)C(=O)OCC. The van der Waals surface area contributed by atoms with Crippen LogP contribution in [0, 0.1) is 5.92 Å². The summed E-state index contributed by atoms with van der Waals surface area (Å²) >= 11 is 0. The van der Waals surface area contributed by atoms with Gasteiger partial charge < -0.3 is 9.47 Å². The van der Waals surface area contributed by atoms with Crippen LogP contribution < -0.4 is 0 Å². The molecule has 23 heavy (non-hydrogen) atoms. The molecule has 126 valence electrons. The molecule has 5 heteroatoms. The Morgan fingerprint density at radius 1 is 0.957 bits per heavy atom. The highest BCUT2D eigenvalue weighted by atomic mass is 16.5. The Morgan fingerprint density at radius 2 is 1.57 bits per heavy atom. The van der Waals surface area contributed by atoms with Crippen LogP contribution in [0.15, 0.2) is 30.3 Å². The maximum absolute atomic E-state index is 12.3. The second kappa shape index (κ2) is 9.77. The first-order valence-electron chi connectivity index (χ1n) is 7.94. The lowest BCUT2D eigenvalue weighted by Crippen LogP contribution is -2.33. The first-order chi connectivity index (χ1) is 11.0. The van der Waals surface area contributed by atoms with Gasteiger partial charge in [-0.2, -0.15) is 0 Å². The number of rotatable bonds is 9. The van der Waals surface area contributed by atoms with E-state index < -0.39 is 23.8 Å². The van der Waals surface area contributed by atoms with Gasteiger partial charge in [0.2, 0.25) is 0 Å². The van der Waals surface area contributed by atoms with Crippen molar-refractivity contribution in [3.8, 4) is 0 Å². The van der Waals surface area contributed by atoms with Gasteiger partial charge in [0, 0.05) is 12.3 Å². The van der Waals surface area contributed by atoms with Crippen molar-refractivity contribution in [2.45, 2.75) is 39.5 Å². The molecule has 0 saturated carbocycles. The number of hydrogen-bond acceptors (Lipinski definition) is 5. The van der Waals surface area contributed by atoms with Gasteiger partial charge in [0.05, 0.1) is 19.6 Å². The highest BCUT2D eigenvalue weighted by Gasteiger charge is 2.37. The first kappa shape index (κ1) is 18.9. The summed E-state index contributed by atoms with van der Waals surface area (Å²) in [5.74, 6) is -2.83. The molecule has 2 unspecified atom stereocenters. The van der Waals surface area contributed by atoms with Gasteiger partial charge in [0.1, 0.15) is 11.7 Å². The zero-order valence-corrected chi connectivity index (χ0v) is 13.9. The molecule has 0 saturated heterocycles. The Bertz CT molecular complexity index is 523. The number of carbonyl (C=O) groups is 3. The molecule has 1 rings (SSSR count). The van der Waals surface area contributed by atoms with Gasteiger partial charge in [0.15, 0.2) is 0 Å². The first-order valence-corrected chi connectivity index (χ1v) is 7.94. The Labute approximate surface area is 137 Å². The van der Waals surface area contributed by atoms with Crippen molar-refractivity contribution in [2.24, 2.45) is 5.92 Å². The predicted octanol–water partition coefficient (Wildman–Crippen LogP) is 2.88. The number of benzene rings is 1. The van der Waals surface area contributed by atoms with Crippen molar-refractivity contribution in [3.63, 3.8) is 0 Å². The number of ketones is 1. The standard InChI is InChI=1S/C18H24O5/c1-4-15(19)17(18(21)23-6-3)14(12-16(20)22-5-2)13-10-8-7-9-11-13/h7-11,14,17H,4-6,12H2,1-3H3.